The van der Waals surface area contributed by atoms with Crippen LogP contribution >= 0.6 is 0 Å². The average Bonchev–Trinajstić information content (AvgIpc) is 3.28. The van der Waals surface area contributed by atoms with Crippen molar-refractivity contribution in [3.63, 3.8) is 0 Å². The number of likely N-dealkylation sites (N-methyl/N-ethyl adjacent to an activating group) is 1. The SMILES string of the molecule is CNC(=O)/C(=C/c1cn(-c2ccccc2)nc1-c1ccccc1)NC(=O)c1ccccc1. The molecule has 0 aliphatic carbocycles. The van der Waals surface area contributed by atoms with E-state index in [-0.39, 0.29) is 11.6 Å². The van der Waals surface area contributed by atoms with Crippen LogP contribution in [-0.2, 0) is 4.79 Å². The summed E-state index contributed by atoms with van der Waals surface area (Å²) in [5.74, 6) is -0.766. The van der Waals surface area contributed by atoms with E-state index in [1.54, 1.807) is 35.0 Å². The van der Waals surface area contributed by atoms with E-state index in [1.807, 2.05) is 72.9 Å². The van der Waals surface area contributed by atoms with Crippen LogP contribution in [0.15, 0.2) is 103 Å². The largest absolute Gasteiger partial charge is 0.354 e. The number of carbonyl (C=O) groups excluding carboxylic acids is 2. The molecule has 3 aromatic carbocycles. The first kappa shape index (κ1) is 20.8. The van der Waals surface area contributed by atoms with Crippen LogP contribution in [0, 0.1) is 0 Å². The fourth-order valence-electron chi connectivity index (χ4n) is 3.26. The Morgan fingerprint density at radius 3 is 2.06 bits per heavy atom. The second-order valence-corrected chi connectivity index (χ2v) is 7.04. The van der Waals surface area contributed by atoms with Crippen molar-refractivity contribution < 1.29 is 9.59 Å². The molecule has 0 radical (unpaired) electrons. The second-order valence-electron chi connectivity index (χ2n) is 7.04. The molecule has 2 amide bonds. The Hall–Kier alpha value is -4.45. The fourth-order valence-corrected chi connectivity index (χ4v) is 3.26. The van der Waals surface area contributed by atoms with Crippen LogP contribution in [0.5, 0.6) is 0 Å². The van der Waals surface area contributed by atoms with Crippen molar-refractivity contribution in [1.29, 1.82) is 0 Å². The van der Waals surface area contributed by atoms with E-state index in [9.17, 15) is 9.59 Å². The molecule has 0 saturated heterocycles. The topological polar surface area (TPSA) is 76.0 Å². The van der Waals surface area contributed by atoms with Crippen molar-refractivity contribution in [2.75, 3.05) is 7.05 Å². The van der Waals surface area contributed by atoms with Gasteiger partial charge in [-0.1, -0.05) is 66.7 Å². The molecule has 4 aromatic rings. The molecule has 6 nitrogen and oxygen atoms in total. The molecular formula is C26H22N4O2. The van der Waals surface area contributed by atoms with Gasteiger partial charge in [-0.15, -0.1) is 0 Å². The maximum atomic E-state index is 12.7. The highest BCUT2D eigenvalue weighted by molar-refractivity contribution is 6.05. The van der Waals surface area contributed by atoms with Gasteiger partial charge in [-0.05, 0) is 30.3 Å². The molecule has 32 heavy (non-hydrogen) atoms. The van der Waals surface area contributed by atoms with Crippen LogP contribution in [0.4, 0.5) is 0 Å². The van der Waals surface area contributed by atoms with Gasteiger partial charge in [0.15, 0.2) is 0 Å². The average molecular weight is 422 g/mol. The predicted octanol–water partition coefficient (Wildman–Crippen LogP) is 4.06. The Bertz CT molecular complexity index is 1250. The van der Waals surface area contributed by atoms with Gasteiger partial charge in [0, 0.05) is 29.9 Å². The van der Waals surface area contributed by atoms with E-state index < -0.39 is 5.91 Å². The lowest BCUT2D eigenvalue weighted by atomic mass is 10.1. The van der Waals surface area contributed by atoms with Gasteiger partial charge in [0.2, 0.25) is 0 Å². The van der Waals surface area contributed by atoms with Crippen molar-refractivity contribution in [3.8, 4) is 16.9 Å². The first-order valence-electron chi connectivity index (χ1n) is 10.2. The predicted molar refractivity (Wildman–Crippen MR) is 125 cm³/mol. The third kappa shape index (κ3) is 4.65. The van der Waals surface area contributed by atoms with E-state index in [2.05, 4.69) is 10.6 Å². The molecule has 4 rings (SSSR count). The molecule has 0 aliphatic heterocycles. The van der Waals surface area contributed by atoms with Gasteiger partial charge in [0.25, 0.3) is 11.8 Å². The molecule has 0 fully saturated rings. The standard InChI is InChI=1S/C26H22N4O2/c1-27-26(32)23(28-25(31)20-13-7-3-8-14-20)17-21-18-30(22-15-9-4-10-16-22)29-24(21)19-11-5-2-6-12-19/h2-18H,1H3,(H,27,32)(H,28,31)/b23-17-. The van der Waals surface area contributed by atoms with E-state index in [0.29, 0.717) is 16.8 Å². The van der Waals surface area contributed by atoms with Gasteiger partial charge in [-0.25, -0.2) is 4.68 Å². The zero-order valence-electron chi connectivity index (χ0n) is 17.5. The minimum atomic E-state index is -0.402. The van der Waals surface area contributed by atoms with Crippen LogP contribution in [0.3, 0.4) is 0 Å². The summed E-state index contributed by atoms with van der Waals surface area (Å²) in [5.41, 5.74) is 3.78. The summed E-state index contributed by atoms with van der Waals surface area (Å²) >= 11 is 0. The molecule has 0 atom stereocenters. The molecule has 158 valence electrons. The summed E-state index contributed by atoms with van der Waals surface area (Å²) in [5, 5.41) is 10.1. The van der Waals surface area contributed by atoms with Crippen LogP contribution < -0.4 is 10.6 Å². The normalized spacial score (nSPS) is 11.1. The summed E-state index contributed by atoms with van der Waals surface area (Å²) < 4.78 is 1.76. The Kier molecular flexibility index (Phi) is 6.22. The molecule has 2 N–H and O–H groups in total. The Balaban J connectivity index is 1.78. The number of hydrogen-bond acceptors (Lipinski definition) is 3. The highest BCUT2D eigenvalue weighted by atomic mass is 16.2. The molecule has 0 unspecified atom stereocenters. The van der Waals surface area contributed by atoms with Gasteiger partial charge >= 0.3 is 0 Å². The molecule has 0 aliphatic rings. The number of amides is 2. The summed E-state index contributed by atoms with van der Waals surface area (Å²) in [4.78, 5) is 25.3. The van der Waals surface area contributed by atoms with Crippen LogP contribution in [-0.4, -0.2) is 28.6 Å². The lowest BCUT2D eigenvalue weighted by Crippen LogP contribution is -2.33. The molecule has 6 heteroatoms. The van der Waals surface area contributed by atoms with Crippen molar-refractivity contribution in [2.24, 2.45) is 0 Å². The molecular weight excluding hydrogens is 400 g/mol. The van der Waals surface area contributed by atoms with Crippen molar-refractivity contribution in [2.45, 2.75) is 0 Å². The molecule has 0 spiro atoms. The monoisotopic (exact) mass is 422 g/mol. The quantitative estimate of drug-likeness (QED) is 0.460. The summed E-state index contributed by atoms with van der Waals surface area (Å²) in [6.45, 7) is 0. The third-order valence-electron chi connectivity index (χ3n) is 4.87. The first-order valence-corrected chi connectivity index (χ1v) is 10.2. The number of nitrogens with one attached hydrogen (secondary N) is 2. The minimum absolute atomic E-state index is 0.131. The van der Waals surface area contributed by atoms with Crippen LogP contribution in [0.2, 0.25) is 0 Å². The van der Waals surface area contributed by atoms with Gasteiger partial charge in [0.1, 0.15) is 11.4 Å². The Morgan fingerprint density at radius 2 is 1.44 bits per heavy atom. The molecule has 0 saturated carbocycles. The number of carbonyl (C=O) groups is 2. The minimum Gasteiger partial charge on any atom is -0.354 e. The van der Waals surface area contributed by atoms with E-state index in [1.165, 1.54) is 7.05 Å². The molecule has 1 heterocycles. The maximum absolute atomic E-state index is 12.7. The maximum Gasteiger partial charge on any atom is 0.267 e. The van der Waals surface area contributed by atoms with Crippen molar-refractivity contribution in [3.05, 3.63) is 114 Å². The second kappa shape index (κ2) is 9.57. The van der Waals surface area contributed by atoms with Gasteiger partial charge in [-0.2, -0.15) is 5.10 Å². The Labute approximate surface area is 186 Å². The van der Waals surface area contributed by atoms with Gasteiger partial charge in [-0.3, -0.25) is 9.59 Å². The number of nitrogens with zero attached hydrogens (tertiary/aromatic N) is 2. The van der Waals surface area contributed by atoms with Crippen molar-refractivity contribution in [1.82, 2.24) is 20.4 Å². The van der Waals surface area contributed by atoms with Crippen molar-refractivity contribution >= 4 is 17.9 Å². The number of hydrogen-bond donors (Lipinski definition) is 2. The Morgan fingerprint density at radius 1 is 0.844 bits per heavy atom. The van der Waals surface area contributed by atoms with E-state index in [0.717, 1.165) is 11.3 Å². The van der Waals surface area contributed by atoms with E-state index in [4.69, 9.17) is 5.10 Å². The van der Waals surface area contributed by atoms with E-state index >= 15 is 0 Å². The molecule has 0 bridgehead atoms. The number of rotatable bonds is 6. The fraction of sp³-hybridized carbons (Fsp3) is 0.0385. The van der Waals surface area contributed by atoms with Crippen LogP contribution in [0.25, 0.3) is 23.0 Å². The smallest absolute Gasteiger partial charge is 0.267 e. The number of aromatic nitrogens is 2. The highest BCUT2D eigenvalue weighted by Gasteiger charge is 2.17. The lowest BCUT2D eigenvalue weighted by molar-refractivity contribution is -0.117. The number of para-hydroxylation sites is 1. The lowest BCUT2D eigenvalue weighted by Gasteiger charge is -2.09. The zero-order valence-corrected chi connectivity index (χ0v) is 17.5. The van der Waals surface area contributed by atoms with Crippen LogP contribution in [0.1, 0.15) is 15.9 Å². The summed E-state index contributed by atoms with van der Waals surface area (Å²) in [7, 11) is 1.52. The highest BCUT2D eigenvalue weighted by Crippen LogP contribution is 2.25. The van der Waals surface area contributed by atoms with Gasteiger partial charge < -0.3 is 10.6 Å². The first-order chi connectivity index (χ1) is 15.7. The zero-order chi connectivity index (χ0) is 22.3. The van der Waals surface area contributed by atoms with Gasteiger partial charge in [0.05, 0.1) is 5.69 Å². The summed E-state index contributed by atoms with van der Waals surface area (Å²) in [6.07, 6.45) is 3.49. The third-order valence-corrected chi connectivity index (χ3v) is 4.87. The number of benzene rings is 3. The molecule has 1 aromatic heterocycles. The summed E-state index contributed by atoms with van der Waals surface area (Å²) in [6, 6.07) is 28.2.